The van der Waals surface area contributed by atoms with E-state index in [1.54, 1.807) is 0 Å². The Morgan fingerprint density at radius 3 is 2.53 bits per heavy atom. The van der Waals surface area contributed by atoms with Gasteiger partial charge in [0.1, 0.15) is 0 Å². The molecule has 0 amide bonds. The van der Waals surface area contributed by atoms with Gasteiger partial charge in [-0.2, -0.15) is 0 Å². The van der Waals surface area contributed by atoms with Gasteiger partial charge in [0.2, 0.25) is 0 Å². The fourth-order valence-electron chi connectivity index (χ4n) is 2.27. The molecule has 80 valence electrons. The van der Waals surface area contributed by atoms with Gasteiger partial charge in [0.05, 0.1) is 6.54 Å². The molecule has 0 atom stereocenters. The van der Waals surface area contributed by atoms with Gasteiger partial charge in [-0.15, -0.1) is 0 Å². The van der Waals surface area contributed by atoms with Crippen LogP contribution >= 0.6 is 0 Å². The molecule has 1 saturated carbocycles. The van der Waals surface area contributed by atoms with Crippen molar-refractivity contribution in [1.82, 2.24) is 0 Å². The normalized spacial score (nSPS) is 18.3. The van der Waals surface area contributed by atoms with E-state index in [0.717, 1.165) is 12.5 Å². The van der Waals surface area contributed by atoms with E-state index >= 15 is 0 Å². The van der Waals surface area contributed by atoms with Crippen LogP contribution in [0.4, 0.5) is 0 Å². The Kier molecular flexibility index (Phi) is 3.54. The minimum Gasteiger partial charge on any atom is -0.289 e. The monoisotopic (exact) mass is 201 g/mol. The number of hydrogen-bond acceptors (Lipinski definition) is 1. The van der Waals surface area contributed by atoms with Crippen LogP contribution in [-0.4, -0.2) is 5.71 Å². The zero-order valence-electron chi connectivity index (χ0n) is 9.45. The molecule has 0 aliphatic heterocycles. The molecule has 1 fully saturated rings. The second-order valence-corrected chi connectivity index (χ2v) is 4.42. The van der Waals surface area contributed by atoms with Crippen molar-refractivity contribution in [3.63, 3.8) is 0 Å². The average Bonchev–Trinajstić information content (AvgIpc) is 2.81. The average molecular weight is 201 g/mol. The second-order valence-electron chi connectivity index (χ2n) is 4.42. The van der Waals surface area contributed by atoms with Gasteiger partial charge in [-0.05, 0) is 31.2 Å². The predicted molar refractivity (Wildman–Crippen MR) is 65.2 cm³/mol. The number of nitrogens with zero attached hydrogens (tertiary/aromatic N) is 1. The summed E-state index contributed by atoms with van der Waals surface area (Å²) in [5.74, 6) is 0.772. The van der Waals surface area contributed by atoms with Crippen molar-refractivity contribution in [3.05, 3.63) is 35.9 Å². The lowest BCUT2D eigenvalue weighted by atomic mass is 10.0. The summed E-state index contributed by atoms with van der Waals surface area (Å²) in [6, 6.07) is 10.5. The number of benzene rings is 1. The molecule has 0 spiro atoms. The molecule has 0 bridgehead atoms. The summed E-state index contributed by atoms with van der Waals surface area (Å²) < 4.78 is 0. The first-order valence-corrected chi connectivity index (χ1v) is 5.91. The second kappa shape index (κ2) is 5.11. The number of rotatable bonds is 3. The Morgan fingerprint density at radius 1 is 1.20 bits per heavy atom. The van der Waals surface area contributed by atoms with Crippen LogP contribution < -0.4 is 0 Å². The molecule has 0 N–H and O–H groups in total. The first kappa shape index (κ1) is 10.4. The van der Waals surface area contributed by atoms with Crippen molar-refractivity contribution in [3.8, 4) is 0 Å². The predicted octanol–water partition coefficient (Wildman–Crippen LogP) is 3.84. The van der Waals surface area contributed by atoms with E-state index in [0.29, 0.717) is 0 Å². The van der Waals surface area contributed by atoms with Crippen molar-refractivity contribution in [2.24, 2.45) is 10.9 Å². The van der Waals surface area contributed by atoms with Crippen LogP contribution in [-0.2, 0) is 6.54 Å². The fraction of sp³-hybridized carbons (Fsp3) is 0.500. The summed E-state index contributed by atoms with van der Waals surface area (Å²) in [6.07, 6.45) is 5.49. The summed E-state index contributed by atoms with van der Waals surface area (Å²) >= 11 is 0. The zero-order valence-corrected chi connectivity index (χ0v) is 9.45. The van der Waals surface area contributed by atoms with Crippen LogP contribution in [0.15, 0.2) is 35.3 Å². The van der Waals surface area contributed by atoms with Crippen molar-refractivity contribution < 1.29 is 0 Å². The summed E-state index contributed by atoms with van der Waals surface area (Å²) in [7, 11) is 0. The SMILES string of the molecule is CC(=NCc1ccccc1)C1CCCC1. The molecule has 0 heterocycles. The Labute approximate surface area is 92.2 Å². The highest BCUT2D eigenvalue weighted by atomic mass is 14.7. The van der Waals surface area contributed by atoms with Gasteiger partial charge in [0, 0.05) is 5.71 Å². The standard InChI is InChI=1S/C14H19N/c1-12(14-9-5-6-10-14)15-11-13-7-3-2-4-8-13/h2-4,7-8,14H,5-6,9-11H2,1H3. The van der Waals surface area contributed by atoms with Crippen molar-refractivity contribution in [2.75, 3.05) is 0 Å². The number of hydrogen-bond donors (Lipinski definition) is 0. The Hall–Kier alpha value is -1.11. The maximum absolute atomic E-state index is 4.69. The Bertz CT molecular complexity index is 320. The minimum absolute atomic E-state index is 0.772. The summed E-state index contributed by atoms with van der Waals surface area (Å²) in [5.41, 5.74) is 2.67. The summed E-state index contributed by atoms with van der Waals surface area (Å²) in [5, 5.41) is 0. The molecule has 0 saturated heterocycles. The van der Waals surface area contributed by atoms with Crippen molar-refractivity contribution in [1.29, 1.82) is 0 Å². The molecule has 1 aliphatic rings. The van der Waals surface area contributed by atoms with Crippen LogP contribution in [0.1, 0.15) is 38.2 Å². The van der Waals surface area contributed by atoms with Crippen molar-refractivity contribution in [2.45, 2.75) is 39.2 Å². The molecule has 1 heteroatoms. The quantitative estimate of drug-likeness (QED) is 0.659. The van der Waals surface area contributed by atoms with E-state index in [-0.39, 0.29) is 0 Å². The van der Waals surface area contributed by atoms with Gasteiger partial charge in [-0.3, -0.25) is 4.99 Å². The highest BCUT2D eigenvalue weighted by molar-refractivity contribution is 5.84. The lowest BCUT2D eigenvalue weighted by molar-refractivity contribution is 0.719. The molecule has 1 nitrogen and oxygen atoms in total. The largest absolute Gasteiger partial charge is 0.289 e. The van der Waals surface area contributed by atoms with Gasteiger partial charge < -0.3 is 0 Å². The highest BCUT2D eigenvalue weighted by Crippen LogP contribution is 2.26. The van der Waals surface area contributed by atoms with Crippen LogP contribution in [0.25, 0.3) is 0 Å². The van der Waals surface area contributed by atoms with Gasteiger partial charge in [0.15, 0.2) is 0 Å². The van der Waals surface area contributed by atoms with Crippen molar-refractivity contribution >= 4 is 5.71 Å². The lowest BCUT2D eigenvalue weighted by Gasteiger charge is -2.08. The van der Waals surface area contributed by atoms with Crippen LogP contribution in [0.2, 0.25) is 0 Å². The summed E-state index contributed by atoms with van der Waals surface area (Å²) in [4.78, 5) is 4.69. The number of aliphatic imine (C=N–C) groups is 1. The smallest absolute Gasteiger partial charge is 0.0639 e. The van der Waals surface area contributed by atoms with E-state index in [4.69, 9.17) is 4.99 Å². The molecule has 0 aromatic heterocycles. The first-order chi connectivity index (χ1) is 7.36. The maximum Gasteiger partial charge on any atom is 0.0639 e. The van der Waals surface area contributed by atoms with Gasteiger partial charge in [0.25, 0.3) is 0 Å². The van der Waals surface area contributed by atoms with E-state index in [1.807, 2.05) is 0 Å². The Balaban J connectivity index is 1.93. The fourth-order valence-corrected chi connectivity index (χ4v) is 2.27. The molecule has 1 aromatic rings. The van der Waals surface area contributed by atoms with Crippen LogP contribution in [0, 0.1) is 5.92 Å². The summed E-state index contributed by atoms with van der Waals surface area (Å²) in [6.45, 7) is 3.04. The third-order valence-corrected chi connectivity index (χ3v) is 3.30. The van der Waals surface area contributed by atoms with Gasteiger partial charge >= 0.3 is 0 Å². The minimum atomic E-state index is 0.772. The zero-order chi connectivity index (χ0) is 10.5. The van der Waals surface area contributed by atoms with Gasteiger partial charge in [-0.25, -0.2) is 0 Å². The molecular formula is C14H19N. The molecule has 1 aromatic carbocycles. The lowest BCUT2D eigenvalue weighted by Crippen LogP contribution is -2.06. The molecule has 1 aliphatic carbocycles. The van der Waals surface area contributed by atoms with E-state index < -0.39 is 0 Å². The van der Waals surface area contributed by atoms with E-state index in [1.165, 1.54) is 37.0 Å². The molecule has 2 rings (SSSR count). The maximum atomic E-state index is 4.69. The molecule has 0 radical (unpaired) electrons. The van der Waals surface area contributed by atoms with Crippen LogP contribution in [0.3, 0.4) is 0 Å². The van der Waals surface area contributed by atoms with E-state index in [9.17, 15) is 0 Å². The Morgan fingerprint density at radius 2 is 1.87 bits per heavy atom. The third-order valence-electron chi connectivity index (χ3n) is 3.30. The topological polar surface area (TPSA) is 12.4 Å². The van der Waals surface area contributed by atoms with E-state index in [2.05, 4.69) is 37.3 Å². The van der Waals surface area contributed by atoms with Crippen LogP contribution in [0.5, 0.6) is 0 Å². The molecular weight excluding hydrogens is 182 g/mol. The molecule has 15 heavy (non-hydrogen) atoms. The first-order valence-electron chi connectivity index (χ1n) is 5.91. The molecule has 0 unspecified atom stereocenters. The highest BCUT2D eigenvalue weighted by Gasteiger charge is 2.17. The van der Waals surface area contributed by atoms with Gasteiger partial charge in [-0.1, -0.05) is 43.2 Å². The third kappa shape index (κ3) is 2.92.